The second kappa shape index (κ2) is 5.82. The minimum Gasteiger partial charge on any atom is -0.103 e. The smallest absolute Gasteiger partial charge is 0.0106 e. The van der Waals surface area contributed by atoms with Crippen LogP contribution in [0.4, 0.5) is 0 Å². The lowest BCUT2D eigenvalue weighted by molar-refractivity contribution is 1.01. The highest BCUT2D eigenvalue weighted by atomic mass is 14.0. The Labute approximate surface area is 76.7 Å². The standard InChI is InChI=1S/C12H20/c1-6-8-12(7-2)9-11(5)10(3)4/h6-7H,1,8-9H2,2-5H3/b12-7-. The molecule has 0 N–H and O–H groups in total. The van der Waals surface area contributed by atoms with Crippen LogP contribution < -0.4 is 0 Å². The fraction of sp³-hybridized carbons (Fsp3) is 0.500. The van der Waals surface area contributed by atoms with Gasteiger partial charge >= 0.3 is 0 Å². The molecule has 0 amide bonds. The monoisotopic (exact) mass is 164 g/mol. The second-order valence-electron chi connectivity index (χ2n) is 3.40. The van der Waals surface area contributed by atoms with E-state index in [1.165, 1.54) is 16.7 Å². The molecule has 0 spiro atoms. The molecule has 68 valence electrons. The highest BCUT2D eigenvalue weighted by molar-refractivity contribution is 5.18. The minimum absolute atomic E-state index is 1.02. The van der Waals surface area contributed by atoms with Crippen LogP contribution >= 0.6 is 0 Å². The summed E-state index contributed by atoms with van der Waals surface area (Å²) in [4.78, 5) is 0. The first kappa shape index (κ1) is 11.2. The van der Waals surface area contributed by atoms with Crippen molar-refractivity contribution in [3.8, 4) is 0 Å². The average Bonchev–Trinajstić information content (AvgIpc) is 2.03. The van der Waals surface area contributed by atoms with Crippen LogP contribution in [0.2, 0.25) is 0 Å². The normalized spacial score (nSPS) is 11.2. The van der Waals surface area contributed by atoms with Gasteiger partial charge in [0.05, 0.1) is 0 Å². The van der Waals surface area contributed by atoms with E-state index in [0.717, 1.165) is 12.8 Å². The first-order valence-corrected chi connectivity index (χ1v) is 4.49. The molecule has 0 saturated heterocycles. The van der Waals surface area contributed by atoms with E-state index in [-0.39, 0.29) is 0 Å². The van der Waals surface area contributed by atoms with Gasteiger partial charge in [-0.05, 0) is 40.5 Å². The van der Waals surface area contributed by atoms with Crippen molar-refractivity contribution in [1.82, 2.24) is 0 Å². The third kappa shape index (κ3) is 4.17. The summed E-state index contributed by atoms with van der Waals surface area (Å²) in [6.07, 6.45) is 6.27. The molecular formula is C12H20. The van der Waals surface area contributed by atoms with Crippen molar-refractivity contribution in [2.45, 2.75) is 40.5 Å². The zero-order chi connectivity index (χ0) is 9.56. The molecule has 12 heavy (non-hydrogen) atoms. The highest BCUT2D eigenvalue weighted by Crippen LogP contribution is 2.16. The molecule has 0 atom stereocenters. The van der Waals surface area contributed by atoms with E-state index in [0.29, 0.717) is 0 Å². The van der Waals surface area contributed by atoms with Crippen LogP contribution in [0.1, 0.15) is 40.5 Å². The van der Waals surface area contributed by atoms with E-state index in [1.54, 1.807) is 0 Å². The summed E-state index contributed by atoms with van der Waals surface area (Å²) >= 11 is 0. The zero-order valence-electron chi connectivity index (χ0n) is 8.78. The fourth-order valence-electron chi connectivity index (χ4n) is 0.995. The number of allylic oxidation sites excluding steroid dienone is 5. The van der Waals surface area contributed by atoms with Gasteiger partial charge in [0, 0.05) is 0 Å². The fourth-order valence-corrected chi connectivity index (χ4v) is 0.995. The molecule has 0 fully saturated rings. The topological polar surface area (TPSA) is 0 Å². The quantitative estimate of drug-likeness (QED) is 0.545. The molecule has 0 unspecified atom stereocenters. The average molecular weight is 164 g/mol. The van der Waals surface area contributed by atoms with Crippen molar-refractivity contribution in [1.29, 1.82) is 0 Å². The van der Waals surface area contributed by atoms with E-state index >= 15 is 0 Å². The lowest BCUT2D eigenvalue weighted by atomic mass is 10.0. The van der Waals surface area contributed by atoms with Crippen LogP contribution in [-0.4, -0.2) is 0 Å². The number of rotatable bonds is 4. The molecule has 0 aromatic rings. The Balaban J connectivity index is 4.23. The molecule has 0 saturated carbocycles. The van der Waals surface area contributed by atoms with Crippen LogP contribution in [0, 0.1) is 0 Å². The minimum atomic E-state index is 1.02. The van der Waals surface area contributed by atoms with Gasteiger partial charge in [-0.2, -0.15) is 0 Å². The first-order valence-electron chi connectivity index (χ1n) is 4.49. The lowest BCUT2D eigenvalue weighted by Gasteiger charge is -2.06. The molecule has 0 bridgehead atoms. The second-order valence-corrected chi connectivity index (χ2v) is 3.40. The van der Waals surface area contributed by atoms with Gasteiger partial charge in [-0.15, -0.1) is 6.58 Å². The Kier molecular flexibility index (Phi) is 5.44. The molecule has 0 aliphatic rings. The van der Waals surface area contributed by atoms with E-state index < -0.39 is 0 Å². The molecule has 0 nitrogen and oxygen atoms in total. The van der Waals surface area contributed by atoms with Crippen molar-refractivity contribution in [2.75, 3.05) is 0 Å². The van der Waals surface area contributed by atoms with E-state index in [2.05, 4.69) is 40.3 Å². The lowest BCUT2D eigenvalue weighted by Crippen LogP contribution is -1.86. The Bertz CT molecular complexity index is 200. The van der Waals surface area contributed by atoms with Crippen molar-refractivity contribution >= 4 is 0 Å². The molecule has 0 heterocycles. The summed E-state index contributed by atoms with van der Waals surface area (Å²) in [5, 5.41) is 0. The van der Waals surface area contributed by atoms with Gasteiger partial charge in [-0.1, -0.05) is 28.9 Å². The van der Waals surface area contributed by atoms with Gasteiger partial charge in [0.25, 0.3) is 0 Å². The van der Waals surface area contributed by atoms with E-state index in [4.69, 9.17) is 0 Å². The van der Waals surface area contributed by atoms with Crippen LogP contribution in [0.5, 0.6) is 0 Å². The van der Waals surface area contributed by atoms with Gasteiger partial charge in [-0.25, -0.2) is 0 Å². The van der Waals surface area contributed by atoms with Crippen LogP contribution in [-0.2, 0) is 0 Å². The Morgan fingerprint density at radius 3 is 2.17 bits per heavy atom. The summed E-state index contributed by atoms with van der Waals surface area (Å²) in [6, 6.07) is 0. The molecule has 0 radical (unpaired) electrons. The van der Waals surface area contributed by atoms with E-state index in [1.807, 2.05) is 6.08 Å². The van der Waals surface area contributed by atoms with Gasteiger partial charge in [0.2, 0.25) is 0 Å². The maximum absolute atomic E-state index is 3.74. The SMILES string of the molecule is C=CC/C(=C/C)CC(C)=C(C)C. The van der Waals surface area contributed by atoms with Crippen LogP contribution in [0.3, 0.4) is 0 Å². The zero-order valence-corrected chi connectivity index (χ0v) is 8.78. The number of hydrogen-bond acceptors (Lipinski definition) is 0. The number of hydrogen-bond donors (Lipinski definition) is 0. The van der Waals surface area contributed by atoms with Crippen molar-refractivity contribution in [3.05, 3.63) is 35.5 Å². The Hall–Kier alpha value is -0.780. The van der Waals surface area contributed by atoms with Gasteiger partial charge in [0.1, 0.15) is 0 Å². The molecule has 0 rings (SSSR count). The highest BCUT2D eigenvalue weighted by Gasteiger charge is 1.96. The molecule has 0 aliphatic heterocycles. The van der Waals surface area contributed by atoms with Crippen molar-refractivity contribution in [2.24, 2.45) is 0 Å². The molecule has 0 heteroatoms. The molecule has 0 aliphatic carbocycles. The van der Waals surface area contributed by atoms with E-state index in [9.17, 15) is 0 Å². The third-order valence-electron chi connectivity index (χ3n) is 2.16. The third-order valence-corrected chi connectivity index (χ3v) is 2.16. The summed E-state index contributed by atoms with van der Waals surface area (Å²) in [5.74, 6) is 0. The largest absolute Gasteiger partial charge is 0.103 e. The Morgan fingerprint density at radius 1 is 1.25 bits per heavy atom. The van der Waals surface area contributed by atoms with Crippen LogP contribution in [0.15, 0.2) is 35.5 Å². The maximum atomic E-state index is 3.74. The summed E-state index contributed by atoms with van der Waals surface area (Å²) in [5.41, 5.74) is 4.37. The molecule has 0 aromatic carbocycles. The molecule has 0 aromatic heterocycles. The van der Waals surface area contributed by atoms with Gasteiger partial charge in [0.15, 0.2) is 0 Å². The van der Waals surface area contributed by atoms with Gasteiger partial charge < -0.3 is 0 Å². The predicted molar refractivity (Wildman–Crippen MR) is 57.2 cm³/mol. The summed E-state index contributed by atoms with van der Waals surface area (Å²) in [6.45, 7) is 12.4. The maximum Gasteiger partial charge on any atom is -0.0106 e. The first-order chi connectivity index (χ1) is 5.61. The molecular weight excluding hydrogens is 144 g/mol. The summed E-state index contributed by atoms with van der Waals surface area (Å²) in [7, 11) is 0. The Morgan fingerprint density at radius 2 is 1.83 bits per heavy atom. The summed E-state index contributed by atoms with van der Waals surface area (Å²) < 4.78 is 0. The predicted octanol–water partition coefficient (Wildman–Crippen LogP) is 4.26. The van der Waals surface area contributed by atoms with Crippen LogP contribution in [0.25, 0.3) is 0 Å². The van der Waals surface area contributed by atoms with Crippen molar-refractivity contribution in [3.63, 3.8) is 0 Å². The van der Waals surface area contributed by atoms with Crippen molar-refractivity contribution < 1.29 is 0 Å². The van der Waals surface area contributed by atoms with Gasteiger partial charge in [-0.3, -0.25) is 0 Å².